The third kappa shape index (κ3) is 13.3. The van der Waals surface area contributed by atoms with E-state index >= 15 is 0 Å². The summed E-state index contributed by atoms with van der Waals surface area (Å²) >= 11 is 1.56. The Bertz CT molecular complexity index is 1150. The van der Waals surface area contributed by atoms with Crippen LogP contribution in [-0.2, 0) is 10.4 Å². The molecule has 0 saturated carbocycles. The number of carboxylic acids is 1. The van der Waals surface area contributed by atoms with Crippen LogP contribution in [0, 0.1) is 13.8 Å². The van der Waals surface area contributed by atoms with Crippen molar-refractivity contribution in [3.63, 3.8) is 0 Å². The van der Waals surface area contributed by atoms with Gasteiger partial charge in [0, 0.05) is 10.6 Å². The van der Waals surface area contributed by atoms with E-state index in [0.29, 0.717) is 16.0 Å². The number of thioether (sulfide) groups is 1. The molecule has 38 heavy (non-hydrogen) atoms. The van der Waals surface area contributed by atoms with Crippen molar-refractivity contribution in [3.05, 3.63) is 94.6 Å². The van der Waals surface area contributed by atoms with Gasteiger partial charge in [0.15, 0.2) is 0 Å². The highest BCUT2D eigenvalue weighted by Crippen LogP contribution is 2.37. The van der Waals surface area contributed by atoms with E-state index in [1.807, 2.05) is 51.9 Å². The first-order valence-corrected chi connectivity index (χ1v) is 16.2. The maximum Gasteiger partial charge on any atom is 0.573 e. The van der Waals surface area contributed by atoms with Gasteiger partial charge in [-0.3, -0.25) is 0 Å². The van der Waals surface area contributed by atoms with Gasteiger partial charge in [0.05, 0.1) is 23.3 Å². The maximum absolute atomic E-state index is 12.7. The number of para-hydroxylation sites is 1. The van der Waals surface area contributed by atoms with Crippen LogP contribution >= 0.6 is 19.0 Å². The summed E-state index contributed by atoms with van der Waals surface area (Å²) in [6.07, 6.45) is 3.04. The summed E-state index contributed by atoms with van der Waals surface area (Å²) in [4.78, 5) is 12.7. The van der Waals surface area contributed by atoms with Gasteiger partial charge in [0.2, 0.25) is 0 Å². The van der Waals surface area contributed by atoms with Crippen molar-refractivity contribution in [2.24, 2.45) is 0 Å². The monoisotopic (exact) mass is 589 g/mol. The van der Waals surface area contributed by atoms with Crippen LogP contribution in [0.4, 0.5) is 13.2 Å². The number of rotatable bonds is 9. The molecule has 11 heteroatoms. The van der Waals surface area contributed by atoms with E-state index in [0.717, 1.165) is 10.6 Å². The number of hydrogen-bond donors (Lipinski definition) is 2. The number of benzene rings is 2. The number of allylic oxidation sites excluding steroid dienone is 3. The van der Waals surface area contributed by atoms with E-state index in [1.165, 1.54) is 18.2 Å². The Kier molecular flexibility index (Phi) is 16.7. The Labute approximate surface area is 231 Å². The Morgan fingerprint density at radius 3 is 2.24 bits per heavy atom. The summed E-state index contributed by atoms with van der Waals surface area (Å²) in [5.74, 6) is -1.16. The van der Waals surface area contributed by atoms with E-state index in [9.17, 15) is 27.3 Å². The van der Waals surface area contributed by atoms with Crippen LogP contribution in [0.2, 0.25) is 0 Å². The molecule has 0 heterocycles. The second-order valence-electron chi connectivity index (χ2n) is 7.20. The van der Waals surface area contributed by atoms with Gasteiger partial charge in [-0.1, -0.05) is 50.8 Å². The molecule has 0 amide bonds. The molecule has 0 radical (unpaired) electrons. The molecule has 2 unspecified atom stereocenters. The number of halogens is 3. The lowest BCUT2D eigenvalue weighted by molar-refractivity contribution is -0.274. The van der Waals surface area contributed by atoms with Crippen LogP contribution in [-0.4, -0.2) is 34.6 Å². The first-order valence-electron chi connectivity index (χ1n) is 11.4. The van der Waals surface area contributed by atoms with Gasteiger partial charge >= 0.3 is 12.3 Å². The lowest BCUT2D eigenvalue weighted by atomic mass is 10.1. The predicted molar refractivity (Wildman–Crippen MR) is 155 cm³/mol. The SMILES string of the molecule is C=C(/C=C/C(=C\C)NP(C)S(=O)c1ccc(C)c(C(=O)O)c1)SC.CC.Cc1ccccc1OC(F)(F)F. The molecule has 0 aliphatic rings. The average Bonchev–Trinajstić information content (AvgIpc) is 2.88. The summed E-state index contributed by atoms with van der Waals surface area (Å²) in [5.41, 5.74) is 2.17. The zero-order valence-electron chi connectivity index (χ0n) is 22.6. The molecule has 2 N–H and O–H groups in total. The lowest BCUT2D eigenvalue weighted by Crippen LogP contribution is -2.17. The zero-order valence-corrected chi connectivity index (χ0v) is 25.1. The van der Waals surface area contributed by atoms with E-state index in [-0.39, 0.29) is 11.3 Å². The molecule has 0 fully saturated rings. The van der Waals surface area contributed by atoms with Gasteiger partial charge in [-0.25, -0.2) is 9.00 Å². The molecular weight excluding hydrogens is 554 g/mol. The van der Waals surface area contributed by atoms with Gasteiger partial charge in [0.25, 0.3) is 0 Å². The van der Waals surface area contributed by atoms with E-state index in [4.69, 9.17) is 0 Å². The summed E-state index contributed by atoms with van der Waals surface area (Å²) in [5, 5.41) is 12.5. The second kappa shape index (κ2) is 17.9. The molecule has 2 aromatic carbocycles. The minimum Gasteiger partial charge on any atom is -0.478 e. The molecule has 0 aliphatic heterocycles. The normalized spacial score (nSPS) is 12.8. The number of ether oxygens (including phenoxy) is 1. The Hall–Kier alpha value is -2.55. The highest BCUT2D eigenvalue weighted by molar-refractivity contribution is 8.45. The largest absolute Gasteiger partial charge is 0.573 e. The number of hydrogen-bond acceptors (Lipinski definition) is 5. The lowest BCUT2D eigenvalue weighted by Gasteiger charge is -2.16. The number of nitrogens with one attached hydrogen (secondary N) is 1. The number of alkyl halides is 3. The van der Waals surface area contributed by atoms with Gasteiger partial charge in [-0.15, -0.1) is 24.9 Å². The van der Waals surface area contributed by atoms with E-state index in [2.05, 4.69) is 16.4 Å². The predicted octanol–water partition coefficient (Wildman–Crippen LogP) is 8.59. The maximum atomic E-state index is 12.7. The summed E-state index contributed by atoms with van der Waals surface area (Å²) in [6, 6.07) is 10.9. The van der Waals surface area contributed by atoms with Crippen LogP contribution in [0.5, 0.6) is 5.75 Å². The van der Waals surface area contributed by atoms with Crippen LogP contribution in [0.15, 0.2) is 82.8 Å². The molecule has 2 rings (SSSR count). The number of carbonyl (C=O) groups is 1. The highest BCUT2D eigenvalue weighted by Gasteiger charge is 2.31. The molecule has 5 nitrogen and oxygen atoms in total. The van der Waals surface area contributed by atoms with E-state index in [1.54, 1.807) is 49.9 Å². The van der Waals surface area contributed by atoms with Crippen molar-refractivity contribution in [1.29, 1.82) is 0 Å². The molecule has 2 aromatic rings. The fraction of sp³-hybridized carbons (Fsp3) is 0.296. The number of aromatic carboxylic acids is 1. The van der Waals surface area contributed by atoms with Gasteiger partial charge < -0.3 is 14.9 Å². The minimum absolute atomic E-state index is 0.148. The molecule has 0 bridgehead atoms. The Morgan fingerprint density at radius 1 is 1.13 bits per heavy atom. The van der Waals surface area contributed by atoms with Gasteiger partial charge in [-0.2, -0.15) is 0 Å². The molecular formula is C27H35F3NO4PS2. The van der Waals surface area contributed by atoms with Crippen molar-refractivity contribution in [2.75, 3.05) is 12.9 Å². The molecule has 210 valence electrons. The van der Waals surface area contributed by atoms with Crippen LogP contribution in [0.3, 0.4) is 0 Å². The Morgan fingerprint density at radius 2 is 1.74 bits per heavy atom. The molecule has 0 aliphatic carbocycles. The van der Waals surface area contributed by atoms with Gasteiger partial charge in [0.1, 0.15) is 5.75 Å². The molecule has 0 saturated heterocycles. The fourth-order valence-corrected chi connectivity index (χ4v) is 5.99. The smallest absolute Gasteiger partial charge is 0.478 e. The zero-order chi connectivity index (χ0) is 29.5. The van der Waals surface area contributed by atoms with Crippen LogP contribution in [0.25, 0.3) is 0 Å². The van der Waals surface area contributed by atoms with Crippen molar-refractivity contribution >= 4 is 35.4 Å². The van der Waals surface area contributed by atoms with Crippen molar-refractivity contribution in [1.82, 2.24) is 5.09 Å². The van der Waals surface area contributed by atoms with Crippen molar-refractivity contribution < 1.29 is 32.0 Å². The standard InChI is InChI=1S/C17H22NO3PS2.C8H7F3O.C2H6/c1-6-14(9-8-13(3)23-5)18-22(4)24(21)15-10-7-12(2)16(11-15)17(19)20;1-6-4-2-3-5-7(6)12-8(9,10)11;1-2/h6-11,18H,3H2,1-2,4-5H3,(H,19,20);2-5H,1H3;1-2H3/b9-8+,14-6+;;. The first kappa shape index (κ1) is 35.5. The van der Waals surface area contributed by atoms with Crippen LogP contribution in [0.1, 0.15) is 42.3 Å². The molecule has 0 spiro atoms. The number of carboxylic acid groups (broad SMARTS) is 1. The quantitative estimate of drug-likeness (QED) is 0.225. The molecule has 0 aromatic heterocycles. The third-order valence-electron chi connectivity index (χ3n) is 4.52. The highest BCUT2D eigenvalue weighted by atomic mass is 32.7. The summed E-state index contributed by atoms with van der Waals surface area (Å²) in [6.45, 7) is 14.9. The third-order valence-corrected chi connectivity index (χ3v) is 9.30. The van der Waals surface area contributed by atoms with E-state index < -0.39 is 30.0 Å². The topological polar surface area (TPSA) is 75.6 Å². The summed E-state index contributed by atoms with van der Waals surface area (Å²) in [7, 11) is -2.38. The average molecular weight is 590 g/mol. The first-order chi connectivity index (χ1) is 17.8. The van der Waals surface area contributed by atoms with Crippen molar-refractivity contribution in [2.45, 2.75) is 45.9 Å². The van der Waals surface area contributed by atoms with Gasteiger partial charge in [-0.05, 0) is 80.1 Å². The summed E-state index contributed by atoms with van der Waals surface area (Å²) < 4.78 is 51.5. The minimum atomic E-state index is -4.61. The Balaban J connectivity index is 0.000000815. The van der Waals surface area contributed by atoms with Crippen molar-refractivity contribution in [3.8, 4) is 5.75 Å². The number of aryl methyl sites for hydroxylation is 2. The fourth-order valence-electron chi connectivity index (χ4n) is 2.57. The van der Waals surface area contributed by atoms with Crippen LogP contribution < -0.4 is 9.82 Å². The molecule has 2 atom stereocenters. The second-order valence-corrected chi connectivity index (χ2v) is 13.0.